The highest BCUT2D eigenvalue weighted by atomic mass is 16.5. The molecule has 6 heteroatoms. The third kappa shape index (κ3) is 4.68. The lowest BCUT2D eigenvalue weighted by atomic mass is 9.95. The molecule has 1 saturated carbocycles. The molecule has 0 aromatic rings. The summed E-state index contributed by atoms with van der Waals surface area (Å²) in [7, 11) is 1.54. The summed E-state index contributed by atoms with van der Waals surface area (Å²) in [5.74, 6) is 0.0361. The molecule has 1 aliphatic heterocycles. The number of hydrogen-bond donors (Lipinski definition) is 0. The molecule has 0 bridgehead atoms. The van der Waals surface area contributed by atoms with Crippen LogP contribution in [0.1, 0.15) is 39.0 Å². The van der Waals surface area contributed by atoms with Crippen molar-refractivity contribution in [2.45, 2.75) is 51.1 Å². The van der Waals surface area contributed by atoms with Gasteiger partial charge >= 0.3 is 5.97 Å². The third-order valence-corrected chi connectivity index (χ3v) is 4.25. The number of amides is 1. The molecule has 1 atom stereocenters. The molecule has 0 aromatic carbocycles. The van der Waals surface area contributed by atoms with Gasteiger partial charge in [-0.3, -0.25) is 4.79 Å². The molecule has 2 rings (SSSR count). The van der Waals surface area contributed by atoms with Crippen LogP contribution < -0.4 is 0 Å². The molecule has 6 nitrogen and oxygen atoms in total. The maximum atomic E-state index is 12.7. The second-order valence-corrected chi connectivity index (χ2v) is 6.02. The number of carbonyl (C=O) groups is 2. The van der Waals surface area contributed by atoms with Crippen LogP contribution in [-0.4, -0.2) is 62.4 Å². The molecular formula is C16H27NO5. The van der Waals surface area contributed by atoms with E-state index in [4.69, 9.17) is 14.2 Å². The Bertz CT molecular complexity index is 377. The van der Waals surface area contributed by atoms with Crippen molar-refractivity contribution in [3.63, 3.8) is 0 Å². The van der Waals surface area contributed by atoms with Gasteiger partial charge in [-0.05, 0) is 38.5 Å². The number of ether oxygens (including phenoxy) is 3. The third-order valence-electron chi connectivity index (χ3n) is 4.25. The quantitative estimate of drug-likeness (QED) is 0.633. The second kappa shape index (κ2) is 8.48. The van der Waals surface area contributed by atoms with Crippen molar-refractivity contribution in [2.24, 2.45) is 5.92 Å². The van der Waals surface area contributed by atoms with E-state index in [9.17, 15) is 9.59 Å². The minimum atomic E-state index is -0.621. The highest BCUT2D eigenvalue weighted by Crippen LogP contribution is 2.31. The highest BCUT2D eigenvalue weighted by molar-refractivity contribution is 5.85. The number of methoxy groups -OCH3 is 1. The van der Waals surface area contributed by atoms with Gasteiger partial charge in [-0.1, -0.05) is 0 Å². The predicted molar refractivity (Wildman–Crippen MR) is 80.3 cm³/mol. The zero-order chi connectivity index (χ0) is 15.9. The van der Waals surface area contributed by atoms with Crippen molar-refractivity contribution in [1.82, 2.24) is 4.90 Å². The Morgan fingerprint density at radius 2 is 1.91 bits per heavy atom. The van der Waals surface area contributed by atoms with Crippen molar-refractivity contribution in [3.05, 3.63) is 0 Å². The van der Waals surface area contributed by atoms with Crippen LogP contribution in [0.3, 0.4) is 0 Å². The molecule has 1 heterocycles. The summed E-state index contributed by atoms with van der Waals surface area (Å²) in [5, 5.41) is 0. The minimum Gasteiger partial charge on any atom is -0.464 e. The fourth-order valence-electron chi connectivity index (χ4n) is 2.95. The van der Waals surface area contributed by atoms with Crippen molar-refractivity contribution < 1.29 is 23.8 Å². The summed E-state index contributed by atoms with van der Waals surface area (Å²) in [6.07, 6.45) is 4.23. The van der Waals surface area contributed by atoms with Gasteiger partial charge in [0.25, 0.3) is 0 Å². The van der Waals surface area contributed by atoms with E-state index in [0.29, 0.717) is 18.9 Å². The normalized spacial score (nSPS) is 20.5. The molecule has 0 radical (unpaired) electrons. The van der Waals surface area contributed by atoms with Crippen LogP contribution in [-0.2, 0) is 23.8 Å². The zero-order valence-electron chi connectivity index (χ0n) is 13.6. The fraction of sp³-hybridized carbons (Fsp3) is 0.875. The Labute approximate surface area is 132 Å². The summed E-state index contributed by atoms with van der Waals surface area (Å²) in [4.78, 5) is 26.6. The molecule has 1 saturated heterocycles. The van der Waals surface area contributed by atoms with E-state index in [1.165, 1.54) is 0 Å². The summed E-state index contributed by atoms with van der Waals surface area (Å²) < 4.78 is 15.6. The van der Waals surface area contributed by atoms with E-state index >= 15 is 0 Å². The summed E-state index contributed by atoms with van der Waals surface area (Å²) >= 11 is 0. The molecule has 22 heavy (non-hydrogen) atoms. The van der Waals surface area contributed by atoms with E-state index in [-0.39, 0.29) is 24.5 Å². The lowest BCUT2D eigenvalue weighted by Crippen LogP contribution is -2.50. The average molecular weight is 313 g/mol. The van der Waals surface area contributed by atoms with Crippen molar-refractivity contribution in [1.29, 1.82) is 0 Å². The molecule has 2 fully saturated rings. The number of esters is 1. The fourth-order valence-corrected chi connectivity index (χ4v) is 2.95. The standard InChI is InChI=1S/C16H27NO5/c1-3-22-16(19)14(11-20-2)17(13-4-5-13)15(18)10-12-6-8-21-9-7-12/h12-14H,3-11H2,1-2H3/t14-/m0/s1. The molecule has 126 valence electrons. The van der Waals surface area contributed by atoms with Crippen LogP contribution in [0.4, 0.5) is 0 Å². The van der Waals surface area contributed by atoms with Gasteiger partial charge in [0.1, 0.15) is 0 Å². The Hall–Kier alpha value is -1.14. The first-order valence-electron chi connectivity index (χ1n) is 8.21. The topological polar surface area (TPSA) is 65.1 Å². The Kier molecular flexibility index (Phi) is 6.64. The monoisotopic (exact) mass is 313 g/mol. The molecule has 0 unspecified atom stereocenters. The number of rotatable bonds is 8. The van der Waals surface area contributed by atoms with Gasteiger partial charge in [-0.25, -0.2) is 4.79 Å². The first-order valence-corrected chi connectivity index (χ1v) is 8.21. The Balaban J connectivity index is 2.02. The number of carbonyl (C=O) groups excluding carboxylic acids is 2. The van der Waals surface area contributed by atoms with Crippen LogP contribution in [0.15, 0.2) is 0 Å². The van der Waals surface area contributed by atoms with E-state index in [2.05, 4.69) is 0 Å². The summed E-state index contributed by atoms with van der Waals surface area (Å²) in [5.41, 5.74) is 0. The molecule has 0 spiro atoms. The maximum absolute atomic E-state index is 12.7. The number of nitrogens with zero attached hydrogens (tertiary/aromatic N) is 1. The van der Waals surface area contributed by atoms with Gasteiger partial charge in [0.05, 0.1) is 13.2 Å². The van der Waals surface area contributed by atoms with Crippen LogP contribution in [0, 0.1) is 5.92 Å². The first-order chi connectivity index (χ1) is 10.7. The van der Waals surface area contributed by atoms with E-state index in [1.807, 2.05) is 0 Å². The van der Waals surface area contributed by atoms with Crippen molar-refractivity contribution in [2.75, 3.05) is 33.5 Å². The SMILES string of the molecule is CCOC(=O)[C@H](COC)N(C(=O)CC1CCOCC1)C1CC1. The maximum Gasteiger partial charge on any atom is 0.331 e. The van der Waals surface area contributed by atoms with Gasteiger partial charge in [0.2, 0.25) is 5.91 Å². The predicted octanol–water partition coefficient (Wildman–Crippen LogP) is 1.37. The molecule has 1 aliphatic carbocycles. The van der Waals surface area contributed by atoms with E-state index in [1.54, 1.807) is 18.9 Å². The van der Waals surface area contributed by atoms with Crippen LogP contribution in [0.2, 0.25) is 0 Å². The first kappa shape index (κ1) is 17.2. The van der Waals surface area contributed by atoms with Crippen molar-refractivity contribution >= 4 is 11.9 Å². The molecule has 0 N–H and O–H groups in total. The van der Waals surface area contributed by atoms with Gasteiger partial charge in [-0.2, -0.15) is 0 Å². The Morgan fingerprint density at radius 3 is 2.45 bits per heavy atom. The van der Waals surface area contributed by atoms with Crippen molar-refractivity contribution in [3.8, 4) is 0 Å². The zero-order valence-corrected chi connectivity index (χ0v) is 13.6. The van der Waals surface area contributed by atoms with E-state index in [0.717, 1.165) is 38.9 Å². The molecule has 2 aliphatic rings. The van der Waals surface area contributed by atoms with Crippen LogP contribution >= 0.6 is 0 Å². The van der Waals surface area contributed by atoms with Gasteiger partial charge in [0.15, 0.2) is 6.04 Å². The van der Waals surface area contributed by atoms with Gasteiger partial charge < -0.3 is 19.1 Å². The summed E-state index contributed by atoms with van der Waals surface area (Å²) in [6.45, 7) is 3.72. The molecule has 0 aromatic heterocycles. The Morgan fingerprint density at radius 1 is 1.23 bits per heavy atom. The largest absolute Gasteiger partial charge is 0.464 e. The average Bonchev–Trinajstić information content (AvgIpc) is 3.33. The number of hydrogen-bond acceptors (Lipinski definition) is 5. The summed E-state index contributed by atoms with van der Waals surface area (Å²) in [6, 6.07) is -0.457. The highest BCUT2D eigenvalue weighted by Gasteiger charge is 2.41. The van der Waals surface area contributed by atoms with Crippen LogP contribution in [0.5, 0.6) is 0 Å². The van der Waals surface area contributed by atoms with Gasteiger partial charge in [-0.15, -0.1) is 0 Å². The molecular weight excluding hydrogens is 286 g/mol. The lowest BCUT2D eigenvalue weighted by molar-refractivity contribution is -0.158. The lowest BCUT2D eigenvalue weighted by Gasteiger charge is -2.32. The van der Waals surface area contributed by atoms with Gasteiger partial charge in [0, 0.05) is 32.8 Å². The smallest absolute Gasteiger partial charge is 0.331 e. The van der Waals surface area contributed by atoms with Crippen LogP contribution in [0.25, 0.3) is 0 Å². The minimum absolute atomic E-state index is 0.0458. The van der Waals surface area contributed by atoms with E-state index < -0.39 is 6.04 Å². The molecule has 1 amide bonds. The second-order valence-electron chi connectivity index (χ2n) is 6.02.